The van der Waals surface area contributed by atoms with E-state index in [1.165, 1.54) is 34.1 Å². The highest BCUT2D eigenvalue weighted by Gasteiger charge is 2.45. The van der Waals surface area contributed by atoms with Crippen LogP contribution < -0.4 is 26.6 Å². The van der Waals surface area contributed by atoms with Gasteiger partial charge < -0.3 is 36.2 Å². The molecule has 1 atom stereocenters. The molecule has 3 aromatic carbocycles. The molecule has 0 aliphatic carbocycles. The number of nitrogens with one attached hydrogen (secondary N) is 3. The number of rotatable bonds is 11. The molecule has 4 aromatic rings. The largest absolute Gasteiger partial charge is 0.507 e. The highest BCUT2D eigenvalue weighted by Crippen LogP contribution is 2.42. The number of benzene rings is 3. The number of piperazine rings is 1. The summed E-state index contributed by atoms with van der Waals surface area (Å²) in [5, 5.41) is 18.7. The Labute approximate surface area is 334 Å². The molecule has 0 bridgehead atoms. The average molecular weight is 819 g/mol. The van der Waals surface area contributed by atoms with Gasteiger partial charge in [-0.15, -0.1) is 0 Å². The molecule has 7 rings (SSSR count). The summed E-state index contributed by atoms with van der Waals surface area (Å²) < 4.78 is 31.3. The maximum absolute atomic E-state index is 16.4. The molecule has 0 radical (unpaired) electrons. The molecule has 6 N–H and O–H groups in total. The second-order valence-electron chi connectivity index (χ2n) is 13.9. The van der Waals surface area contributed by atoms with Gasteiger partial charge in [0.2, 0.25) is 23.7 Å². The highest BCUT2D eigenvalue weighted by molar-refractivity contribution is 6.34. The van der Waals surface area contributed by atoms with Crippen molar-refractivity contribution in [3.05, 3.63) is 70.2 Å². The lowest BCUT2D eigenvalue weighted by Gasteiger charge is -2.35. The lowest BCUT2D eigenvalue weighted by molar-refractivity contribution is -0.136. The fourth-order valence-corrected chi connectivity index (χ4v) is 7.53. The first-order chi connectivity index (χ1) is 27.7. The van der Waals surface area contributed by atoms with Crippen molar-refractivity contribution in [2.75, 3.05) is 68.4 Å². The lowest BCUT2D eigenvalue weighted by Crippen LogP contribution is -2.54. The summed E-state index contributed by atoms with van der Waals surface area (Å²) in [6.07, 6.45) is -0.0229. The van der Waals surface area contributed by atoms with E-state index in [1.807, 2.05) is 0 Å². The zero-order valence-electron chi connectivity index (χ0n) is 31.0. The minimum atomic E-state index is -1.11. The third-order valence-corrected chi connectivity index (χ3v) is 10.6. The molecule has 0 saturated carbocycles. The van der Waals surface area contributed by atoms with E-state index in [4.69, 9.17) is 17.3 Å². The van der Waals surface area contributed by atoms with Crippen LogP contribution in [-0.2, 0) is 14.4 Å². The number of carbonyl (C=O) groups excluding carboxylic acids is 6. The Hall–Kier alpha value is -6.63. The van der Waals surface area contributed by atoms with Gasteiger partial charge in [-0.1, -0.05) is 23.7 Å². The predicted octanol–water partition coefficient (Wildman–Crippen LogP) is 2.91. The number of anilines is 3. The highest BCUT2D eigenvalue weighted by atomic mass is 35.5. The minimum Gasteiger partial charge on any atom is -0.507 e. The van der Waals surface area contributed by atoms with Crippen LogP contribution in [0.5, 0.6) is 5.75 Å². The number of hydrogen-bond acceptors (Lipinski definition) is 12. The normalized spacial score (nSPS) is 16.8. The van der Waals surface area contributed by atoms with E-state index in [0.717, 1.165) is 11.0 Å². The van der Waals surface area contributed by atoms with E-state index < -0.39 is 64.2 Å². The first-order valence-corrected chi connectivity index (χ1v) is 18.7. The number of nitrogens with two attached hydrogens (primary N) is 1. The van der Waals surface area contributed by atoms with Gasteiger partial charge in [0.25, 0.3) is 11.8 Å². The molecule has 302 valence electrons. The van der Waals surface area contributed by atoms with E-state index in [-0.39, 0.29) is 110 Å². The number of phenolic OH excluding ortho intramolecular Hbond substituents is 1. The van der Waals surface area contributed by atoms with Gasteiger partial charge in [0, 0.05) is 82.3 Å². The molecule has 2 fully saturated rings. The molecule has 20 heteroatoms. The zero-order chi connectivity index (χ0) is 41.4. The molecule has 17 nitrogen and oxygen atoms in total. The van der Waals surface area contributed by atoms with Crippen molar-refractivity contribution in [2.45, 2.75) is 25.3 Å². The van der Waals surface area contributed by atoms with Crippen LogP contribution in [0.2, 0.25) is 5.02 Å². The van der Waals surface area contributed by atoms with Crippen LogP contribution in [0.1, 0.15) is 40.0 Å². The number of primary amides is 1. The lowest BCUT2D eigenvalue weighted by atomic mass is 10.0. The molecule has 3 aliphatic rings. The van der Waals surface area contributed by atoms with Gasteiger partial charge in [-0.25, -0.2) is 18.6 Å². The summed E-state index contributed by atoms with van der Waals surface area (Å²) in [6.45, 7) is 1.49. The number of imide groups is 2. The van der Waals surface area contributed by atoms with Crippen LogP contribution in [0.25, 0.3) is 22.0 Å². The van der Waals surface area contributed by atoms with Crippen LogP contribution in [0.15, 0.2) is 42.5 Å². The quantitative estimate of drug-likeness (QED) is 0.138. The molecule has 1 unspecified atom stereocenters. The van der Waals surface area contributed by atoms with Crippen molar-refractivity contribution in [1.82, 2.24) is 30.0 Å². The number of amides is 7. The van der Waals surface area contributed by atoms with Crippen LogP contribution >= 0.6 is 11.6 Å². The Bertz CT molecular complexity index is 2370. The standard InChI is InChI=1S/C38H37ClF2N10O7/c1-48(13-12-43-23-6-2-4-19-28(23)36(57)51(35(19)56)24-8-9-26(53)45-34(24)55)27(54)10-11-44-38-46-32-20(33(47-38)49-14-16-50(17-15-49)37(42)58)18-21(39)29(31(32)41)30-22(40)5-3-7-25(30)52/h2-7,18,24,43,52H,8-17H2,1H3,(H2,42,58)(H,44,46,47)(H,45,53,55). The maximum Gasteiger partial charge on any atom is 0.314 e. The van der Waals surface area contributed by atoms with Crippen molar-refractivity contribution in [1.29, 1.82) is 0 Å². The Morgan fingerprint density at radius 2 is 1.72 bits per heavy atom. The first kappa shape index (κ1) is 39.6. The molecule has 2 saturated heterocycles. The van der Waals surface area contributed by atoms with Crippen LogP contribution in [-0.4, -0.2) is 124 Å². The van der Waals surface area contributed by atoms with E-state index in [0.29, 0.717) is 5.69 Å². The number of urea groups is 1. The molecule has 0 spiro atoms. The monoisotopic (exact) mass is 818 g/mol. The van der Waals surface area contributed by atoms with Gasteiger partial charge in [0.1, 0.15) is 28.9 Å². The zero-order valence-corrected chi connectivity index (χ0v) is 31.7. The summed E-state index contributed by atoms with van der Waals surface area (Å²) in [5.74, 6) is -4.99. The van der Waals surface area contributed by atoms with Gasteiger partial charge in [0.15, 0.2) is 5.82 Å². The van der Waals surface area contributed by atoms with Gasteiger partial charge in [-0.05, 0) is 36.8 Å². The smallest absolute Gasteiger partial charge is 0.314 e. The number of phenols is 1. The molecular weight excluding hydrogens is 782 g/mol. The van der Waals surface area contributed by atoms with Crippen LogP contribution in [0.3, 0.4) is 0 Å². The Kier molecular flexibility index (Phi) is 11.0. The minimum absolute atomic E-state index is 0.00371. The van der Waals surface area contributed by atoms with Gasteiger partial charge in [-0.2, -0.15) is 4.98 Å². The van der Waals surface area contributed by atoms with Crippen LogP contribution in [0, 0.1) is 11.6 Å². The van der Waals surface area contributed by atoms with Crippen LogP contribution in [0.4, 0.5) is 31.0 Å². The number of aromatic nitrogens is 2. The van der Waals surface area contributed by atoms with Crippen molar-refractivity contribution in [2.24, 2.45) is 5.73 Å². The van der Waals surface area contributed by atoms with E-state index in [9.17, 15) is 38.3 Å². The third-order valence-electron chi connectivity index (χ3n) is 10.3. The number of aromatic hydroxyl groups is 1. The van der Waals surface area contributed by atoms with Gasteiger partial charge in [0.05, 0.1) is 21.7 Å². The molecule has 7 amide bonds. The van der Waals surface area contributed by atoms with Gasteiger partial charge >= 0.3 is 6.03 Å². The summed E-state index contributed by atoms with van der Waals surface area (Å²) in [6, 6.07) is 7.91. The average Bonchev–Trinajstić information content (AvgIpc) is 3.44. The summed E-state index contributed by atoms with van der Waals surface area (Å²) >= 11 is 6.53. The Morgan fingerprint density at radius 3 is 2.43 bits per heavy atom. The van der Waals surface area contributed by atoms with E-state index >= 15 is 4.39 Å². The first-order valence-electron chi connectivity index (χ1n) is 18.3. The number of piperidine rings is 1. The van der Waals surface area contributed by atoms with Crippen molar-refractivity contribution in [3.8, 4) is 16.9 Å². The molecule has 1 aromatic heterocycles. The summed E-state index contributed by atoms with van der Waals surface area (Å²) in [7, 11) is 1.58. The second-order valence-corrected chi connectivity index (χ2v) is 14.3. The number of halogens is 3. The molecule has 3 aliphatic heterocycles. The predicted molar refractivity (Wildman–Crippen MR) is 207 cm³/mol. The molecule has 58 heavy (non-hydrogen) atoms. The number of fused-ring (bicyclic) bond motifs is 2. The molecular formula is C38H37ClF2N10O7. The summed E-state index contributed by atoms with van der Waals surface area (Å²) in [5.41, 5.74) is 4.95. The van der Waals surface area contributed by atoms with E-state index in [2.05, 4.69) is 25.9 Å². The third kappa shape index (κ3) is 7.47. The number of carbonyl (C=O) groups is 6. The maximum atomic E-state index is 16.4. The number of hydrogen-bond donors (Lipinski definition) is 5. The fourth-order valence-electron chi connectivity index (χ4n) is 7.25. The molecule has 4 heterocycles. The SMILES string of the molecule is CN(CCNc1cccc2c1C(=O)N(C1CCC(=O)NC1=O)C2=O)C(=O)CCNc1nc(N2CCN(C(N)=O)CC2)c2cc(Cl)c(-c3c(O)cccc3F)c(F)c2n1. The Balaban J connectivity index is 1.03. The van der Waals surface area contributed by atoms with Crippen molar-refractivity contribution in [3.63, 3.8) is 0 Å². The van der Waals surface area contributed by atoms with Crippen molar-refractivity contribution >= 4 is 75.5 Å². The number of likely N-dealkylation sites (N-methyl/N-ethyl adjacent to an activating group) is 1. The topological polar surface area (TPSA) is 224 Å². The van der Waals surface area contributed by atoms with E-state index in [1.54, 1.807) is 24.1 Å². The van der Waals surface area contributed by atoms with Crippen molar-refractivity contribution < 1.29 is 42.7 Å². The second kappa shape index (κ2) is 16.1. The fraction of sp³-hybridized carbons (Fsp3) is 0.316. The number of nitrogens with zero attached hydrogens (tertiary/aromatic N) is 6. The van der Waals surface area contributed by atoms with Gasteiger partial charge in [-0.3, -0.25) is 34.2 Å². The summed E-state index contributed by atoms with van der Waals surface area (Å²) in [4.78, 5) is 90.1. The Morgan fingerprint density at radius 1 is 0.983 bits per heavy atom.